The van der Waals surface area contributed by atoms with E-state index in [1.165, 1.54) is 64.2 Å². The SMILES string of the molecule is CCNC1CCCCCCC1N(C)C1CCC(C)CC1. The van der Waals surface area contributed by atoms with Gasteiger partial charge in [-0.3, -0.25) is 4.90 Å². The highest BCUT2D eigenvalue weighted by molar-refractivity contribution is 4.89. The molecule has 118 valence electrons. The number of nitrogens with zero attached hydrogens (tertiary/aromatic N) is 1. The van der Waals surface area contributed by atoms with Gasteiger partial charge in [0.1, 0.15) is 0 Å². The molecule has 2 fully saturated rings. The summed E-state index contributed by atoms with van der Waals surface area (Å²) in [5, 5.41) is 3.79. The average molecular weight is 281 g/mol. The Balaban J connectivity index is 1.96. The third-order valence-electron chi connectivity index (χ3n) is 5.78. The first-order valence-electron chi connectivity index (χ1n) is 9.17. The zero-order valence-electron chi connectivity index (χ0n) is 14.0. The van der Waals surface area contributed by atoms with E-state index in [4.69, 9.17) is 0 Å². The van der Waals surface area contributed by atoms with Gasteiger partial charge >= 0.3 is 0 Å². The number of nitrogens with one attached hydrogen (secondary N) is 1. The van der Waals surface area contributed by atoms with Gasteiger partial charge in [-0.1, -0.05) is 39.5 Å². The first-order valence-corrected chi connectivity index (χ1v) is 9.17. The summed E-state index contributed by atoms with van der Waals surface area (Å²) in [4.78, 5) is 2.77. The molecule has 0 amide bonds. The van der Waals surface area contributed by atoms with Crippen LogP contribution in [0, 0.1) is 5.92 Å². The normalized spacial score (nSPS) is 36.6. The summed E-state index contributed by atoms with van der Waals surface area (Å²) < 4.78 is 0. The zero-order chi connectivity index (χ0) is 14.4. The van der Waals surface area contributed by atoms with Gasteiger partial charge in [-0.15, -0.1) is 0 Å². The van der Waals surface area contributed by atoms with Gasteiger partial charge in [0.05, 0.1) is 0 Å². The maximum Gasteiger partial charge on any atom is 0.0249 e. The van der Waals surface area contributed by atoms with E-state index in [0.717, 1.165) is 30.6 Å². The second-order valence-corrected chi connectivity index (χ2v) is 7.30. The molecule has 1 N–H and O–H groups in total. The van der Waals surface area contributed by atoms with Crippen molar-refractivity contribution in [3.63, 3.8) is 0 Å². The van der Waals surface area contributed by atoms with Crippen molar-refractivity contribution in [2.75, 3.05) is 13.6 Å². The van der Waals surface area contributed by atoms with Crippen molar-refractivity contribution in [3.8, 4) is 0 Å². The lowest BCUT2D eigenvalue weighted by Gasteiger charge is -2.43. The Kier molecular flexibility index (Phi) is 6.83. The molecule has 0 saturated heterocycles. The third-order valence-corrected chi connectivity index (χ3v) is 5.78. The summed E-state index contributed by atoms with van der Waals surface area (Å²) in [6, 6.07) is 2.34. The van der Waals surface area contributed by atoms with Crippen LogP contribution in [-0.4, -0.2) is 36.6 Å². The molecule has 2 nitrogen and oxygen atoms in total. The molecule has 2 unspecified atom stereocenters. The molecule has 0 aromatic carbocycles. The molecule has 0 aromatic heterocycles. The topological polar surface area (TPSA) is 15.3 Å². The number of rotatable bonds is 4. The fourth-order valence-corrected chi connectivity index (χ4v) is 4.37. The van der Waals surface area contributed by atoms with Crippen LogP contribution in [0.1, 0.15) is 78.1 Å². The molecule has 0 aliphatic heterocycles. The first-order chi connectivity index (χ1) is 9.72. The Morgan fingerprint density at radius 3 is 2.20 bits per heavy atom. The maximum absolute atomic E-state index is 3.79. The molecule has 2 aliphatic rings. The molecule has 2 aliphatic carbocycles. The van der Waals surface area contributed by atoms with Crippen LogP contribution in [0.2, 0.25) is 0 Å². The lowest BCUT2D eigenvalue weighted by atomic mass is 9.84. The van der Waals surface area contributed by atoms with Crippen molar-refractivity contribution >= 4 is 0 Å². The summed E-state index contributed by atoms with van der Waals surface area (Å²) in [6.07, 6.45) is 14.3. The lowest BCUT2D eigenvalue weighted by molar-refractivity contribution is 0.0861. The quantitative estimate of drug-likeness (QED) is 0.830. The minimum absolute atomic E-state index is 0.727. The second-order valence-electron chi connectivity index (χ2n) is 7.30. The molecule has 2 saturated carbocycles. The summed E-state index contributed by atoms with van der Waals surface area (Å²) >= 11 is 0. The highest BCUT2D eigenvalue weighted by Crippen LogP contribution is 2.30. The van der Waals surface area contributed by atoms with Gasteiger partial charge in [0, 0.05) is 18.1 Å². The molecule has 2 rings (SSSR count). The van der Waals surface area contributed by atoms with Gasteiger partial charge in [-0.2, -0.15) is 0 Å². The minimum atomic E-state index is 0.727. The first kappa shape index (κ1) is 16.3. The van der Waals surface area contributed by atoms with Crippen molar-refractivity contribution in [1.29, 1.82) is 0 Å². The van der Waals surface area contributed by atoms with Gasteiger partial charge in [-0.25, -0.2) is 0 Å². The Bertz CT molecular complexity index is 258. The highest BCUT2D eigenvalue weighted by atomic mass is 15.2. The van der Waals surface area contributed by atoms with Crippen LogP contribution in [0.15, 0.2) is 0 Å². The molecular formula is C18H36N2. The molecule has 0 heterocycles. The standard InChI is InChI=1S/C18H36N2/c1-4-19-17-9-7-5-6-8-10-18(17)20(3)16-13-11-15(2)12-14-16/h15-19H,4-14H2,1-3H3. The minimum Gasteiger partial charge on any atom is -0.313 e. The van der Waals surface area contributed by atoms with Gasteiger partial charge in [0.2, 0.25) is 0 Å². The number of hydrogen-bond donors (Lipinski definition) is 1. The van der Waals surface area contributed by atoms with Crippen molar-refractivity contribution in [2.24, 2.45) is 5.92 Å². The number of hydrogen-bond acceptors (Lipinski definition) is 2. The Morgan fingerprint density at radius 2 is 1.55 bits per heavy atom. The van der Waals surface area contributed by atoms with Gasteiger partial charge < -0.3 is 5.32 Å². The van der Waals surface area contributed by atoms with E-state index in [1.807, 2.05) is 0 Å². The van der Waals surface area contributed by atoms with E-state index >= 15 is 0 Å². The van der Waals surface area contributed by atoms with Crippen molar-refractivity contribution < 1.29 is 0 Å². The Labute approximate surface area is 126 Å². The molecule has 0 bridgehead atoms. The third kappa shape index (κ3) is 4.46. The number of likely N-dealkylation sites (N-methyl/N-ethyl adjacent to an activating group) is 2. The Morgan fingerprint density at radius 1 is 0.900 bits per heavy atom. The smallest absolute Gasteiger partial charge is 0.0249 e. The van der Waals surface area contributed by atoms with E-state index in [2.05, 4.69) is 31.1 Å². The molecule has 0 spiro atoms. The van der Waals surface area contributed by atoms with Crippen LogP contribution in [0.5, 0.6) is 0 Å². The van der Waals surface area contributed by atoms with E-state index in [9.17, 15) is 0 Å². The van der Waals surface area contributed by atoms with Crippen LogP contribution in [0.25, 0.3) is 0 Å². The molecule has 0 aromatic rings. The highest BCUT2D eigenvalue weighted by Gasteiger charge is 2.31. The van der Waals surface area contributed by atoms with Crippen LogP contribution < -0.4 is 5.32 Å². The van der Waals surface area contributed by atoms with Crippen LogP contribution >= 0.6 is 0 Å². The zero-order valence-corrected chi connectivity index (χ0v) is 14.0. The maximum atomic E-state index is 3.79. The van der Waals surface area contributed by atoms with Gasteiger partial charge in [0.15, 0.2) is 0 Å². The molecule has 2 atom stereocenters. The molecule has 20 heavy (non-hydrogen) atoms. The predicted octanol–water partition coefficient (Wildman–Crippen LogP) is 4.20. The van der Waals surface area contributed by atoms with Crippen molar-refractivity contribution in [3.05, 3.63) is 0 Å². The van der Waals surface area contributed by atoms with Gasteiger partial charge in [0.25, 0.3) is 0 Å². The summed E-state index contributed by atoms with van der Waals surface area (Å²) in [5.74, 6) is 0.960. The van der Waals surface area contributed by atoms with Crippen LogP contribution in [-0.2, 0) is 0 Å². The average Bonchev–Trinajstić information content (AvgIpc) is 2.42. The molecular weight excluding hydrogens is 244 g/mol. The summed E-state index contributed by atoms with van der Waals surface area (Å²) in [5.41, 5.74) is 0. The Hall–Kier alpha value is -0.0800. The van der Waals surface area contributed by atoms with Crippen LogP contribution in [0.4, 0.5) is 0 Å². The van der Waals surface area contributed by atoms with Gasteiger partial charge in [-0.05, 0) is 58.0 Å². The van der Waals surface area contributed by atoms with E-state index in [1.54, 1.807) is 0 Å². The largest absolute Gasteiger partial charge is 0.313 e. The lowest BCUT2D eigenvalue weighted by Crippen LogP contribution is -2.53. The second kappa shape index (κ2) is 8.38. The fraction of sp³-hybridized carbons (Fsp3) is 1.00. The predicted molar refractivity (Wildman–Crippen MR) is 88.1 cm³/mol. The van der Waals surface area contributed by atoms with E-state index in [-0.39, 0.29) is 0 Å². The monoisotopic (exact) mass is 280 g/mol. The van der Waals surface area contributed by atoms with E-state index < -0.39 is 0 Å². The fourth-order valence-electron chi connectivity index (χ4n) is 4.37. The van der Waals surface area contributed by atoms with Crippen molar-refractivity contribution in [2.45, 2.75) is 96.2 Å². The summed E-state index contributed by atoms with van der Waals surface area (Å²) in [6.45, 7) is 5.81. The van der Waals surface area contributed by atoms with E-state index in [0.29, 0.717) is 0 Å². The molecule has 2 heteroatoms. The summed E-state index contributed by atoms with van der Waals surface area (Å²) in [7, 11) is 2.41. The van der Waals surface area contributed by atoms with Crippen molar-refractivity contribution in [1.82, 2.24) is 10.2 Å². The van der Waals surface area contributed by atoms with Crippen LogP contribution in [0.3, 0.4) is 0 Å². The molecule has 0 radical (unpaired) electrons.